The van der Waals surface area contributed by atoms with Gasteiger partial charge < -0.3 is 4.90 Å². The molecule has 1 amide bonds. The van der Waals surface area contributed by atoms with Crippen molar-refractivity contribution in [3.63, 3.8) is 0 Å². The number of rotatable bonds is 4. The molecule has 1 aromatic heterocycles. The van der Waals surface area contributed by atoms with Crippen LogP contribution in [-0.4, -0.2) is 82.5 Å². The first-order chi connectivity index (χ1) is 15.0. The zero-order valence-electron chi connectivity index (χ0n) is 17.6. The van der Waals surface area contributed by atoms with Crippen LogP contribution in [0.4, 0.5) is 0 Å². The van der Waals surface area contributed by atoms with E-state index in [9.17, 15) is 13.2 Å². The van der Waals surface area contributed by atoms with Crippen LogP contribution in [0.1, 0.15) is 38.5 Å². The van der Waals surface area contributed by atoms with Crippen LogP contribution in [0.3, 0.4) is 0 Å². The zero-order valence-corrected chi connectivity index (χ0v) is 19.3. The second-order valence-corrected chi connectivity index (χ2v) is 11.3. The van der Waals surface area contributed by atoms with Gasteiger partial charge in [-0.05, 0) is 37.8 Å². The van der Waals surface area contributed by atoms with Gasteiger partial charge in [-0.1, -0.05) is 18.9 Å². The molecule has 1 saturated carbocycles. The third kappa shape index (κ3) is 4.10. The summed E-state index contributed by atoms with van der Waals surface area (Å²) >= 11 is 1.02. The van der Waals surface area contributed by atoms with Gasteiger partial charge in [0, 0.05) is 45.3 Å². The first-order valence-corrected chi connectivity index (χ1v) is 13.5. The molecule has 1 aliphatic carbocycles. The lowest BCUT2D eigenvalue weighted by atomic mass is 9.97. The van der Waals surface area contributed by atoms with Crippen LogP contribution in [-0.2, 0) is 14.8 Å². The summed E-state index contributed by atoms with van der Waals surface area (Å²) in [6, 6.07) is 5.75. The van der Waals surface area contributed by atoms with Gasteiger partial charge in [0.05, 0.1) is 17.6 Å². The summed E-state index contributed by atoms with van der Waals surface area (Å²) in [5, 5.41) is 0. The topological polar surface area (TPSA) is 86.7 Å². The van der Waals surface area contributed by atoms with Gasteiger partial charge in [0.1, 0.15) is 15.9 Å². The number of piperidine rings is 1. The quantitative estimate of drug-likeness (QED) is 0.691. The van der Waals surface area contributed by atoms with Crippen molar-refractivity contribution in [1.82, 2.24) is 22.9 Å². The number of piperazine rings is 1. The minimum absolute atomic E-state index is 0.111. The van der Waals surface area contributed by atoms with Crippen molar-refractivity contribution in [3.05, 3.63) is 18.2 Å². The Labute approximate surface area is 187 Å². The lowest BCUT2D eigenvalue weighted by Crippen LogP contribution is -2.54. The molecule has 0 spiro atoms. The van der Waals surface area contributed by atoms with E-state index in [1.807, 2.05) is 4.90 Å². The molecule has 2 aromatic rings. The number of carbonyl (C=O) groups excluding carboxylic acids is 1. The summed E-state index contributed by atoms with van der Waals surface area (Å²) < 4.78 is 36.6. The molecule has 0 radical (unpaired) electrons. The van der Waals surface area contributed by atoms with E-state index in [2.05, 4.69) is 13.6 Å². The zero-order chi connectivity index (χ0) is 21.4. The van der Waals surface area contributed by atoms with Crippen molar-refractivity contribution in [3.8, 4) is 0 Å². The molecule has 2 saturated heterocycles. The van der Waals surface area contributed by atoms with Crippen LogP contribution in [0.25, 0.3) is 11.0 Å². The molecule has 0 N–H and O–H groups in total. The number of amides is 1. The second kappa shape index (κ2) is 8.73. The Morgan fingerprint density at radius 3 is 2.52 bits per heavy atom. The van der Waals surface area contributed by atoms with Crippen molar-refractivity contribution in [2.45, 2.75) is 49.5 Å². The predicted molar refractivity (Wildman–Crippen MR) is 119 cm³/mol. The van der Waals surface area contributed by atoms with Gasteiger partial charge in [-0.15, -0.1) is 0 Å². The molecule has 0 bridgehead atoms. The second-order valence-electron chi connectivity index (χ2n) is 8.89. The van der Waals surface area contributed by atoms with Crippen LogP contribution in [0.5, 0.6) is 0 Å². The minimum Gasteiger partial charge on any atom is -0.340 e. The minimum atomic E-state index is -3.72. The normalized spacial score (nSPS) is 24.8. The van der Waals surface area contributed by atoms with Crippen molar-refractivity contribution in [2.75, 3.05) is 39.3 Å². The third-order valence-electron chi connectivity index (χ3n) is 7.07. The predicted octanol–water partition coefficient (Wildman–Crippen LogP) is 2.18. The Morgan fingerprint density at radius 2 is 1.74 bits per heavy atom. The van der Waals surface area contributed by atoms with Crippen LogP contribution in [0.15, 0.2) is 23.1 Å². The monoisotopic (exact) mass is 463 g/mol. The van der Waals surface area contributed by atoms with Crippen molar-refractivity contribution >= 4 is 38.7 Å². The molecule has 10 heteroatoms. The first-order valence-electron chi connectivity index (χ1n) is 11.3. The summed E-state index contributed by atoms with van der Waals surface area (Å²) in [4.78, 5) is 17.9. The van der Waals surface area contributed by atoms with Gasteiger partial charge in [0.2, 0.25) is 15.9 Å². The SMILES string of the molecule is O=C(C1CCCN(S(=O)(=O)c2cccc3nsnc23)C1)N1CCN(C2CCCC2)CC1. The molecule has 1 aromatic carbocycles. The van der Waals surface area contributed by atoms with Crippen LogP contribution in [0.2, 0.25) is 0 Å². The number of hydrogen-bond donors (Lipinski definition) is 0. The molecule has 3 fully saturated rings. The lowest BCUT2D eigenvalue weighted by molar-refractivity contribution is -0.138. The number of benzene rings is 1. The molecule has 3 aliphatic rings. The Balaban J connectivity index is 1.26. The molecular weight excluding hydrogens is 434 g/mol. The van der Waals surface area contributed by atoms with Gasteiger partial charge in [0.25, 0.3) is 0 Å². The number of nitrogens with zero attached hydrogens (tertiary/aromatic N) is 5. The highest BCUT2D eigenvalue weighted by atomic mass is 32.2. The van der Waals surface area contributed by atoms with Crippen molar-refractivity contribution in [2.24, 2.45) is 5.92 Å². The average Bonchev–Trinajstić information content (AvgIpc) is 3.51. The largest absolute Gasteiger partial charge is 0.340 e. The summed E-state index contributed by atoms with van der Waals surface area (Å²) in [6.07, 6.45) is 6.65. The van der Waals surface area contributed by atoms with E-state index < -0.39 is 10.0 Å². The summed E-state index contributed by atoms with van der Waals surface area (Å²) in [5.41, 5.74) is 1.01. The summed E-state index contributed by atoms with van der Waals surface area (Å²) in [7, 11) is -3.72. The number of sulfonamides is 1. The lowest BCUT2D eigenvalue weighted by Gasteiger charge is -2.40. The van der Waals surface area contributed by atoms with Gasteiger partial charge >= 0.3 is 0 Å². The summed E-state index contributed by atoms with van der Waals surface area (Å²) in [6.45, 7) is 4.06. The standard InChI is InChI=1S/C21H29N5O3S2/c27-21(25-13-11-24(12-14-25)17-6-1-2-7-17)16-5-4-10-26(15-16)31(28,29)19-9-3-8-18-20(19)23-30-22-18/h3,8-9,16-17H,1-2,4-7,10-15H2. The average molecular weight is 464 g/mol. The number of hydrogen-bond acceptors (Lipinski definition) is 7. The van der Waals surface area contributed by atoms with E-state index in [0.717, 1.165) is 44.3 Å². The molecule has 31 heavy (non-hydrogen) atoms. The van der Waals surface area contributed by atoms with E-state index in [1.54, 1.807) is 18.2 Å². The molecule has 5 rings (SSSR count). The Kier molecular flexibility index (Phi) is 5.98. The van der Waals surface area contributed by atoms with Gasteiger partial charge in [0.15, 0.2) is 0 Å². The Hall–Kier alpha value is -1.62. The summed E-state index contributed by atoms with van der Waals surface area (Å²) in [5.74, 6) is -0.158. The highest BCUT2D eigenvalue weighted by Crippen LogP contribution is 2.29. The molecule has 1 atom stereocenters. The maximum Gasteiger partial charge on any atom is 0.245 e. The number of fused-ring (bicyclic) bond motifs is 1. The van der Waals surface area contributed by atoms with Crippen LogP contribution in [0, 0.1) is 5.92 Å². The van der Waals surface area contributed by atoms with E-state index in [0.29, 0.717) is 30.0 Å². The van der Waals surface area contributed by atoms with Crippen molar-refractivity contribution < 1.29 is 13.2 Å². The van der Waals surface area contributed by atoms with Gasteiger partial charge in [-0.25, -0.2) is 8.42 Å². The fourth-order valence-electron chi connectivity index (χ4n) is 5.33. The number of aromatic nitrogens is 2. The molecular formula is C21H29N5O3S2. The van der Waals surface area contributed by atoms with Crippen LogP contribution < -0.4 is 0 Å². The van der Waals surface area contributed by atoms with E-state index in [1.165, 1.54) is 30.0 Å². The number of carbonyl (C=O) groups is 1. The fraction of sp³-hybridized carbons (Fsp3) is 0.667. The third-order valence-corrected chi connectivity index (χ3v) is 9.51. The highest BCUT2D eigenvalue weighted by molar-refractivity contribution is 7.89. The van der Waals surface area contributed by atoms with Gasteiger partial charge in [-0.3, -0.25) is 9.69 Å². The van der Waals surface area contributed by atoms with E-state index >= 15 is 0 Å². The molecule has 3 heterocycles. The Morgan fingerprint density at radius 1 is 0.968 bits per heavy atom. The molecule has 1 unspecified atom stereocenters. The van der Waals surface area contributed by atoms with E-state index in [-0.39, 0.29) is 23.3 Å². The maximum atomic E-state index is 13.4. The molecule has 168 valence electrons. The molecule has 8 nitrogen and oxygen atoms in total. The van der Waals surface area contributed by atoms with Crippen LogP contribution >= 0.6 is 11.7 Å². The van der Waals surface area contributed by atoms with E-state index in [4.69, 9.17) is 0 Å². The Bertz CT molecular complexity index is 1040. The van der Waals surface area contributed by atoms with Gasteiger partial charge in [-0.2, -0.15) is 13.1 Å². The van der Waals surface area contributed by atoms with Crippen molar-refractivity contribution in [1.29, 1.82) is 0 Å². The fourth-order valence-corrected chi connectivity index (χ4v) is 7.60. The smallest absolute Gasteiger partial charge is 0.245 e. The maximum absolute atomic E-state index is 13.4. The molecule has 2 aliphatic heterocycles. The first kappa shape index (κ1) is 21.2. The highest BCUT2D eigenvalue weighted by Gasteiger charge is 2.37.